The summed E-state index contributed by atoms with van der Waals surface area (Å²) < 4.78 is 0. The van der Waals surface area contributed by atoms with E-state index in [1.807, 2.05) is 19.3 Å². The van der Waals surface area contributed by atoms with Gasteiger partial charge >= 0.3 is 0 Å². The van der Waals surface area contributed by atoms with E-state index in [-0.39, 0.29) is 0 Å². The molecule has 3 nitrogen and oxygen atoms in total. The number of rotatable bonds is 3. The summed E-state index contributed by atoms with van der Waals surface area (Å²) in [5, 5.41) is 3.17. The number of nitrogens with one attached hydrogen (secondary N) is 1. The van der Waals surface area contributed by atoms with Gasteiger partial charge in [-0.25, -0.2) is 0 Å². The number of nitrogens with zero attached hydrogens (tertiary/aromatic N) is 2. The van der Waals surface area contributed by atoms with Crippen LogP contribution in [0.4, 0.5) is 11.4 Å². The van der Waals surface area contributed by atoms with Crippen LogP contribution in [0.5, 0.6) is 0 Å². The number of benzene rings is 1. The molecule has 1 unspecified atom stereocenters. The van der Waals surface area contributed by atoms with Crippen LogP contribution >= 0.6 is 0 Å². The molecule has 1 aliphatic rings. The Labute approximate surface area is 120 Å². The van der Waals surface area contributed by atoms with Gasteiger partial charge in [-0.1, -0.05) is 25.1 Å². The Balaban J connectivity index is 1.87. The SMILES string of the molecule is CNc1ccnc(CN2CC(C)Cc3ccccc32)c1. The highest BCUT2D eigenvalue weighted by molar-refractivity contribution is 5.56. The lowest BCUT2D eigenvalue weighted by molar-refractivity contribution is 0.528. The fourth-order valence-corrected chi connectivity index (χ4v) is 2.97. The normalized spacial score (nSPS) is 17.7. The Morgan fingerprint density at radius 3 is 3.00 bits per heavy atom. The molecule has 3 rings (SSSR count). The molecule has 1 aromatic heterocycles. The van der Waals surface area contributed by atoms with Gasteiger partial charge in [0.2, 0.25) is 0 Å². The second-order valence-corrected chi connectivity index (χ2v) is 5.60. The van der Waals surface area contributed by atoms with Crippen molar-refractivity contribution in [3.05, 3.63) is 53.9 Å². The van der Waals surface area contributed by atoms with Gasteiger partial charge in [0.15, 0.2) is 0 Å². The average Bonchev–Trinajstić information content (AvgIpc) is 2.47. The number of aromatic nitrogens is 1. The highest BCUT2D eigenvalue weighted by Gasteiger charge is 2.21. The lowest BCUT2D eigenvalue weighted by Crippen LogP contribution is -2.34. The molecule has 0 saturated carbocycles. The van der Waals surface area contributed by atoms with E-state index in [2.05, 4.69) is 52.5 Å². The van der Waals surface area contributed by atoms with E-state index >= 15 is 0 Å². The van der Waals surface area contributed by atoms with Crippen molar-refractivity contribution < 1.29 is 0 Å². The van der Waals surface area contributed by atoms with Gasteiger partial charge in [0, 0.05) is 31.2 Å². The Morgan fingerprint density at radius 2 is 2.15 bits per heavy atom. The summed E-state index contributed by atoms with van der Waals surface area (Å²) in [5.74, 6) is 0.692. The molecule has 0 bridgehead atoms. The fraction of sp³-hybridized carbons (Fsp3) is 0.353. The second kappa shape index (κ2) is 5.53. The molecule has 1 aromatic carbocycles. The number of anilines is 2. The standard InChI is InChI=1S/C17H21N3/c1-13-9-14-5-3-4-6-17(14)20(11-13)12-16-10-15(18-2)7-8-19-16/h3-8,10,13H,9,11-12H2,1-2H3,(H,18,19). The van der Waals surface area contributed by atoms with Gasteiger partial charge in [-0.05, 0) is 36.1 Å². The van der Waals surface area contributed by atoms with E-state index in [0.29, 0.717) is 5.92 Å². The van der Waals surface area contributed by atoms with Crippen LogP contribution in [0.2, 0.25) is 0 Å². The fourth-order valence-electron chi connectivity index (χ4n) is 2.97. The van der Waals surface area contributed by atoms with Crippen molar-refractivity contribution in [1.82, 2.24) is 4.98 Å². The molecular weight excluding hydrogens is 246 g/mol. The minimum atomic E-state index is 0.692. The molecule has 3 heteroatoms. The molecule has 0 spiro atoms. The van der Waals surface area contributed by atoms with Crippen LogP contribution in [-0.2, 0) is 13.0 Å². The molecule has 0 aliphatic carbocycles. The molecule has 0 fully saturated rings. The number of para-hydroxylation sites is 1. The first-order valence-corrected chi connectivity index (χ1v) is 7.22. The van der Waals surface area contributed by atoms with Gasteiger partial charge < -0.3 is 10.2 Å². The maximum absolute atomic E-state index is 4.50. The van der Waals surface area contributed by atoms with Gasteiger partial charge in [0.1, 0.15) is 0 Å². The number of hydrogen-bond acceptors (Lipinski definition) is 3. The highest BCUT2D eigenvalue weighted by Crippen LogP contribution is 2.30. The second-order valence-electron chi connectivity index (χ2n) is 5.60. The first-order valence-electron chi connectivity index (χ1n) is 7.22. The highest BCUT2D eigenvalue weighted by atomic mass is 15.1. The molecule has 0 amide bonds. The lowest BCUT2D eigenvalue weighted by Gasteiger charge is -2.34. The third-order valence-electron chi connectivity index (χ3n) is 3.89. The monoisotopic (exact) mass is 267 g/mol. The number of fused-ring (bicyclic) bond motifs is 1. The predicted octanol–water partition coefficient (Wildman–Crippen LogP) is 3.32. The van der Waals surface area contributed by atoms with E-state index in [9.17, 15) is 0 Å². The van der Waals surface area contributed by atoms with E-state index < -0.39 is 0 Å². The topological polar surface area (TPSA) is 28.2 Å². The van der Waals surface area contributed by atoms with Crippen LogP contribution in [0.1, 0.15) is 18.2 Å². The largest absolute Gasteiger partial charge is 0.388 e. The van der Waals surface area contributed by atoms with Gasteiger partial charge in [0.25, 0.3) is 0 Å². The smallest absolute Gasteiger partial charge is 0.0617 e. The van der Waals surface area contributed by atoms with Crippen molar-refractivity contribution in [2.75, 3.05) is 23.8 Å². The van der Waals surface area contributed by atoms with Gasteiger partial charge in [0.05, 0.1) is 12.2 Å². The van der Waals surface area contributed by atoms with Gasteiger partial charge in [-0.15, -0.1) is 0 Å². The molecule has 1 atom stereocenters. The van der Waals surface area contributed by atoms with Gasteiger partial charge in [-0.2, -0.15) is 0 Å². The van der Waals surface area contributed by atoms with E-state index in [4.69, 9.17) is 0 Å². The Kier molecular flexibility index (Phi) is 3.59. The third kappa shape index (κ3) is 2.62. The molecule has 2 aromatic rings. The molecule has 2 heterocycles. The quantitative estimate of drug-likeness (QED) is 0.924. The zero-order valence-electron chi connectivity index (χ0n) is 12.1. The first kappa shape index (κ1) is 13.0. The van der Waals surface area contributed by atoms with Crippen molar-refractivity contribution in [3.8, 4) is 0 Å². The third-order valence-corrected chi connectivity index (χ3v) is 3.89. The predicted molar refractivity (Wildman–Crippen MR) is 84.1 cm³/mol. The van der Waals surface area contributed by atoms with Crippen LogP contribution in [0.15, 0.2) is 42.6 Å². The summed E-state index contributed by atoms with van der Waals surface area (Å²) in [6.07, 6.45) is 3.05. The summed E-state index contributed by atoms with van der Waals surface area (Å²) in [6, 6.07) is 12.9. The summed E-state index contributed by atoms with van der Waals surface area (Å²) in [4.78, 5) is 6.95. The first-order chi connectivity index (χ1) is 9.76. The summed E-state index contributed by atoms with van der Waals surface area (Å²) in [5.41, 5.74) is 5.05. The zero-order chi connectivity index (χ0) is 13.9. The molecule has 0 saturated heterocycles. The summed E-state index contributed by atoms with van der Waals surface area (Å²) in [7, 11) is 1.94. The molecule has 1 N–H and O–H groups in total. The molecule has 104 valence electrons. The van der Waals surface area contributed by atoms with Crippen molar-refractivity contribution in [3.63, 3.8) is 0 Å². The maximum atomic E-state index is 4.50. The molecule has 1 aliphatic heterocycles. The van der Waals surface area contributed by atoms with Gasteiger partial charge in [-0.3, -0.25) is 4.98 Å². The number of pyridine rings is 1. The van der Waals surface area contributed by atoms with Crippen LogP contribution in [0, 0.1) is 5.92 Å². The Hall–Kier alpha value is -2.03. The summed E-state index contributed by atoms with van der Waals surface area (Å²) in [6.45, 7) is 4.29. The molecule has 20 heavy (non-hydrogen) atoms. The van der Waals surface area contributed by atoms with E-state index in [0.717, 1.165) is 24.5 Å². The van der Waals surface area contributed by atoms with E-state index in [1.54, 1.807) is 0 Å². The van der Waals surface area contributed by atoms with Crippen molar-refractivity contribution in [2.45, 2.75) is 19.9 Å². The number of hydrogen-bond donors (Lipinski definition) is 1. The maximum Gasteiger partial charge on any atom is 0.0617 e. The van der Waals surface area contributed by atoms with Crippen molar-refractivity contribution >= 4 is 11.4 Å². The van der Waals surface area contributed by atoms with E-state index in [1.165, 1.54) is 17.7 Å². The van der Waals surface area contributed by atoms with Crippen LogP contribution < -0.4 is 10.2 Å². The van der Waals surface area contributed by atoms with Crippen LogP contribution in [0.25, 0.3) is 0 Å². The summed E-state index contributed by atoms with van der Waals surface area (Å²) >= 11 is 0. The Bertz CT molecular complexity index is 594. The average molecular weight is 267 g/mol. The lowest BCUT2D eigenvalue weighted by atomic mass is 9.94. The van der Waals surface area contributed by atoms with Crippen molar-refractivity contribution in [1.29, 1.82) is 0 Å². The zero-order valence-corrected chi connectivity index (χ0v) is 12.1. The minimum absolute atomic E-state index is 0.692. The van der Waals surface area contributed by atoms with Crippen molar-refractivity contribution in [2.24, 2.45) is 5.92 Å². The molecular formula is C17H21N3. The minimum Gasteiger partial charge on any atom is -0.388 e. The van der Waals surface area contributed by atoms with Crippen LogP contribution in [-0.4, -0.2) is 18.6 Å². The van der Waals surface area contributed by atoms with Crippen LogP contribution in [0.3, 0.4) is 0 Å². The molecule has 0 radical (unpaired) electrons. The Morgan fingerprint density at radius 1 is 1.30 bits per heavy atom.